The summed E-state index contributed by atoms with van der Waals surface area (Å²) in [6.45, 7) is 0. The molecule has 0 amide bonds. The Morgan fingerprint density at radius 3 is 1.52 bits per heavy atom. The van der Waals surface area contributed by atoms with Gasteiger partial charge in [-0.1, -0.05) is 36.4 Å². The highest BCUT2D eigenvalue weighted by molar-refractivity contribution is 5.95. The summed E-state index contributed by atoms with van der Waals surface area (Å²) in [5, 5.41) is 9.39. The molecule has 140 valence electrons. The normalized spacial score (nSPS) is 12.3. The molecule has 0 saturated heterocycles. The van der Waals surface area contributed by atoms with Crippen LogP contribution in [-0.2, 0) is 23.8 Å². The lowest BCUT2D eigenvalue weighted by Crippen LogP contribution is -2.46. The molecule has 0 spiro atoms. The molecule has 0 aromatic heterocycles. The lowest BCUT2D eigenvalue weighted by molar-refractivity contribution is -0.168. The Labute approximate surface area is 154 Å². The zero-order valence-corrected chi connectivity index (χ0v) is 14.2. The number of carbonyl (C=O) groups excluding carboxylic acids is 3. The maximum atomic E-state index is 12.2. The van der Waals surface area contributed by atoms with Crippen LogP contribution in [0.25, 0.3) is 0 Å². The summed E-state index contributed by atoms with van der Waals surface area (Å²) >= 11 is 0. The van der Waals surface area contributed by atoms with E-state index in [1.54, 1.807) is 36.4 Å². The smallest absolute Gasteiger partial charge is 0.351 e. The predicted molar refractivity (Wildman–Crippen MR) is 90.9 cm³/mol. The van der Waals surface area contributed by atoms with Crippen LogP contribution in [0, 0.1) is 0 Å². The molecule has 0 radical (unpaired) electrons. The first kappa shape index (κ1) is 19.6. The van der Waals surface area contributed by atoms with Crippen molar-refractivity contribution in [2.45, 2.75) is 12.2 Å². The molecule has 0 heterocycles. The Morgan fingerprint density at radius 2 is 1.15 bits per heavy atom. The first-order chi connectivity index (χ1) is 12.9. The van der Waals surface area contributed by atoms with Crippen molar-refractivity contribution in [1.29, 1.82) is 0 Å². The van der Waals surface area contributed by atoms with Crippen LogP contribution in [0.15, 0.2) is 60.7 Å². The van der Waals surface area contributed by atoms with Gasteiger partial charge in [-0.25, -0.2) is 19.2 Å². The maximum Gasteiger partial charge on any atom is 0.351 e. The first-order valence-corrected chi connectivity index (χ1v) is 7.76. The van der Waals surface area contributed by atoms with Gasteiger partial charge >= 0.3 is 23.9 Å². The zero-order chi connectivity index (χ0) is 19.8. The van der Waals surface area contributed by atoms with Crippen LogP contribution in [0.4, 0.5) is 0 Å². The van der Waals surface area contributed by atoms with Gasteiger partial charge < -0.3 is 19.3 Å². The number of benzene rings is 2. The summed E-state index contributed by atoms with van der Waals surface area (Å²) in [5.74, 6) is -4.80. The van der Waals surface area contributed by atoms with Crippen molar-refractivity contribution in [3.8, 4) is 0 Å². The molecule has 0 aliphatic carbocycles. The summed E-state index contributed by atoms with van der Waals surface area (Å²) in [5.41, 5.74) is 0.159. The average molecular weight is 372 g/mol. The van der Waals surface area contributed by atoms with Gasteiger partial charge in [0.15, 0.2) is 0 Å². The second-order valence-corrected chi connectivity index (χ2v) is 5.25. The number of hydrogen-bond donors (Lipinski definition) is 1. The molecule has 0 aliphatic heterocycles. The van der Waals surface area contributed by atoms with Crippen LogP contribution in [0.5, 0.6) is 0 Å². The molecular formula is C19H16O8. The maximum absolute atomic E-state index is 12.2. The van der Waals surface area contributed by atoms with Crippen LogP contribution in [0.1, 0.15) is 20.7 Å². The molecule has 0 bridgehead atoms. The summed E-state index contributed by atoms with van der Waals surface area (Å²) < 4.78 is 14.4. The molecule has 2 rings (SSSR count). The molecule has 8 heteroatoms. The van der Waals surface area contributed by atoms with E-state index < -0.39 is 36.1 Å². The third kappa shape index (κ3) is 5.15. The second kappa shape index (κ2) is 9.14. The van der Waals surface area contributed by atoms with E-state index in [1.807, 2.05) is 0 Å². The second-order valence-electron chi connectivity index (χ2n) is 5.25. The molecule has 0 fully saturated rings. The highest BCUT2D eigenvalue weighted by Gasteiger charge is 2.41. The molecule has 27 heavy (non-hydrogen) atoms. The average Bonchev–Trinajstić information content (AvgIpc) is 2.70. The summed E-state index contributed by atoms with van der Waals surface area (Å²) in [4.78, 5) is 47.9. The first-order valence-electron chi connectivity index (χ1n) is 7.76. The lowest BCUT2D eigenvalue weighted by Gasteiger charge is -2.22. The van der Waals surface area contributed by atoms with Crippen LogP contribution < -0.4 is 0 Å². The van der Waals surface area contributed by atoms with E-state index in [0.717, 1.165) is 7.11 Å². The van der Waals surface area contributed by atoms with Crippen molar-refractivity contribution < 1.29 is 38.5 Å². The van der Waals surface area contributed by atoms with E-state index in [1.165, 1.54) is 24.3 Å². The van der Waals surface area contributed by atoms with Gasteiger partial charge in [-0.2, -0.15) is 0 Å². The fourth-order valence-corrected chi connectivity index (χ4v) is 2.11. The largest absolute Gasteiger partial charge is 0.478 e. The summed E-state index contributed by atoms with van der Waals surface area (Å²) in [6.07, 6.45) is -4.06. The minimum atomic E-state index is -2.09. The van der Waals surface area contributed by atoms with Gasteiger partial charge in [0.2, 0.25) is 12.2 Å². The number of hydrogen-bond acceptors (Lipinski definition) is 7. The lowest BCUT2D eigenvalue weighted by atomic mass is 10.1. The highest BCUT2D eigenvalue weighted by atomic mass is 16.6. The van der Waals surface area contributed by atoms with Crippen molar-refractivity contribution in [1.82, 2.24) is 0 Å². The monoisotopic (exact) mass is 372 g/mol. The Morgan fingerprint density at radius 1 is 0.741 bits per heavy atom. The van der Waals surface area contributed by atoms with Crippen molar-refractivity contribution in [2.75, 3.05) is 7.11 Å². The van der Waals surface area contributed by atoms with E-state index in [4.69, 9.17) is 9.47 Å². The Kier molecular flexibility index (Phi) is 6.65. The molecule has 0 aliphatic rings. The van der Waals surface area contributed by atoms with Crippen LogP contribution in [0.3, 0.4) is 0 Å². The molecule has 2 aromatic rings. The molecular weight excluding hydrogens is 356 g/mol. The number of carboxylic acid groups (broad SMARTS) is 1. The molecule has 2 unspecified atom stereocenters. The third-order valence-electron chi connectivity index (χ3n) is 3.44. The number of esters is 3. The zero-order valence-electron chi connectivity index (χ0n) is 14.2. The highest BCUT2D eigenvalue weighted by Crippen LogP contribution is 2.14. The van der Waals surface area contributed by atoms with Gasteiger partial charge in [0.25, 0.3) is 0 Å². The quantitative estimate of drug-likeness (QED) is 0.577. The van der Waals surface area contributed by atoms with E-state index in [2.05, 4.69) is 4.74 Å². The van der Waals surface area contributed by atoms with Crippen molar-refractivity contribution in [3.63, 3.8) is 0 Å². The number of carboxylic acids is 1. The summed E-state index contributed by atoms with van der Waals surface area (Å²) in [6, 6.07) is 15.2. The molecule has 2 atom stereocenters. The number of rotatable bonds is 7. The van der Waals surface area contributed by atoms with Gasteiger partial charge in [-0.05, 0) is 24.3 Å². The van der Waals surface area contributed by atoms with Crippen LogP contribution in [-0.4, -0.2) is 48.3 Å². The van der Waals surface area contributed by atoms with E-state index in [9.17, 15) is 24.3 Å². The van der Waals surface area contributed by atoms with E-state index in [0.29, 0.717) is 0 Å². The van der Waals surface area contributed by atoms with Crippen molar-refractivity contribution >= 4 is 23.9 Å². The standard InChI is InChI=1S/C19H16O8/c1-25-19(24)15(27-18(23)13-10-6-3-7-11-13)14(16(20)21)26-17(22)12-8-4-2-5-9-12/h2-11,14-15H,1H3,(H,20,21). The van der Waals surface area contributed by atoms with E-state index in [-0.39, 0.29) is 11.1 Å². The van der Waals surface area contributed by atoms with Gasteiger partial charge in [0, 0.05) is 0 Å². The Balaban J connectivity index is 2.25. The van der Waals surface area contributed by atoms with E-state index >= 15 is 0 Å². The minimum absolute atomic E-state index is 0.0711. The number of ether oxygens (including phenoxy) is 3. The Hall–Kier alpha value is -3.68. The topological polar surface area (TPSA) is 116 Å². The van der Waals surface area contributed by atoms with Gasteiger partial charge in [0.05, 0.1) is 18.2 Å². The Bertz CT molecular complexity index is 816. The van der Waals surface area contributed by atoms with Gasteiger partial charge in [-0.3, -0.25) is 0 Å². The number of methoxy groups -OCH3 is 1. The van der Waals surface area contributed by atoms with Gasteiger partial charge in [-0.15, -0.1) is 0 Å². The van der Waals surface area contributed by atoms with Crippen LogP contribution in [0.2, 0.25) is 0 Å². The predicted octanol–water partition coefficient (Wildman–Crippen LogP) is 1.70. The SMILES string of the molecule is COC(=O)C(OC(=O)c1ccccc1)C(OC(=O)c1ccccc1)C(=O)O. The van der Waals surface area contributed by atoms with Gasteiger partial charge in [0.1, 0.15) is 0 Å². The molecule has 1 N–H and O–H groups in total. The van der Waals surface area contributed by atoms with Crippen LogP contribution >= 0.6 is 0 Å². The van der Waals surface area contributed by atoms with Crippen molar-refractivity contribution in [2.24, 2.45) is 0 Å². The number of carbonyl (C=O) groups is 4. The fraction of sp³-hybridized carbons (Fsp3) is 0.158. The molecule has 0 saturated carbocycles. The third-order valence-corrected chi connectivity index (χ3v) is 3.44. The molecule has 2 aromatic carbocycles. The molecule has 8 nitrogen and oxygen atoms in total. The fourth-order valence-electron chi connectivity index (χ4n) is 2.11. The number of aliphatic carboxylic acids is 1. The summed E-state index contributed by atoms with van der Waals surface area (Å²) in [7, 11) is 0.990. The minimum Gasteiger partial charge on any atom is -0.478 e. The van der Waals surface area contributed by atoms with Crippen molar-refractivity contribution in [3.05, 3.63) is 71.8 Å².